The SMILES string of the molecule is COc1cc(/C=C(\C#N)C(=O)O)c(OC)cc1/C=C/c1cc(OC)c(N(c2ccccc2)c2ccccc2)cc1OC. The maximum absolute atomic E-state index is 11.4. The molecule has 0 atom stereocenters. The Kier molecular flexibility index (Phi) is 9.49. The molecule has 0 saturated carbocycles. The van der Waals surface area contributed by atoms with Gasteiger partial charge in [-0.1, -0.05) is 48.6 Å². The highest BCUT2D eigenvalue weighted by molar-refractivity contribution is 5.97. The van der Waals surface area contributed by atoms with E-state index in [2.05, 4.69) is 4.90 Å². The van der Waals surface area contributed by atoms with Crippen molar-refractivity contribution < 1.29 is 28.8 Å². The van der Waals surface area contributed by atoms with Gasteiger partial charge in [0.1, 0.15) is 34.6 Å². The molecule has 0 aliphatic heterocycles. The number of hydrogen-bond acceptors (Lipinski definition) is 7. The summed E-state index contributed by atoms with van der Waals surface area (Å²) < 4.78 is 22.7. The van der Waals surface area contributed by atoms with Crippen LogP contribution in [0.5, 0.6) is 23.0 Å². The molecule has 0 radical (unpaired) electrons. The van der Waals surface area contributed by atoms with E-state index in [9.17, 15) is 15.2 Å². The number of benzene rings is 4. The number of ether oxygens (including phenoxy) is 4. The van der Waals surface area contributed by atoms with E-state index in [0.717, 1.165) is 22.6 Å². The first-order valence-electron chi connectivity index (χ1n) is 12.9. The third-order valence-corrected chi connectivity index (χ3v) is 6.48. The number of carbonyl (C=O) groups is 1. The minimum absolute atomic E-state index is 0.380. The van der Waals surface area contributed by atoms with E-state index in [1.165, 1.54) is 20.3 Å². The Hall–Kier alpha value is -5.68. The van der Waals surface area contributed by atoms with Gasteiger partial charge in [-0.25, -0.2) is 4.79 Å². The van der Waals surface area contributed by atoms with Gasteiger partial charge >= 0.3 is 5.97 Å². The third-order valence-electron chi connectivity index (χ3n) is 6.48. The lowest BCUT2D eigenvalue weighted by molar-refractivity contribution is -0.132. The lowest BCUT2D eigenvalue weighted by Gasteiger charge is -2.27. The Morgan fingerprint density at radius 1 is 0.690 bits per heavy atom. The van der Waals surface area contributed by atoms with Gasteiger partial charge in [-0.2, -0.15) is 5.26 Å². The molecule has 0 amide bonds. The van der Waals surface area contributed by atoms with Gasteiger partial charge in [-0.05, 0) is 48.5 Å². The number of carboxylic acids is 1. The molecule has 0 saturated heterocycles. The lowest BCUT2D eigenvalue weighted by Crippen LogP contribution is -2.11. The highest BCUT2D eigenvalue weighted by atomic mass is 16.5. The fourth-order valence-corrected chi connectivity index (χ4v) is 4.46. The van der Waals surface area contributed by atoms with Gasteiger partial charge in [0.25, 0.3) is 0 Å². The number of carboxylic acid groups (broad SMARTS) is 1. The van der Waals surface area contributed by atoms with Crippen LogP contribution >= 0.6 is 0 Å². The van der Waals surface area contributed by atoms with Crippen LogP contribution in [0.2, 0.25) is 0 Å². The fraction of sp³-hybridized carbons (Fsp3) is 0.118. The topological polar surface area (TPSA) is 101 Å². The van der Waals surface area contributed by atoms with Crippen LogP contribution in [0.4, 0.5) is 17.1 Å². The smallest absolute Gasteiger partial charge is 0.346 e. The van der Waals surface area contributed by atoms with Crippen molar-refractivity contribution in [1.82, 2.24) is 0 Å². The maximum Gasteiger partial charge on any atom is 0.346 e. The quantitative estimate of drug-likeness (QED) is 0.115. The van der Waals surface area contributed by atoms with Gasteiger partial charge in [0.05, 0.1) is 34.1 Å². The molecule has 8 heteroatoms. The highest BCUT2D eigenvalue weighted by Gasteiger charge is 2.20. The average Bonchev–Trinajstić information content (AvgIpc) is 3.03. The first-order chi connectivity index (χ1) is 20.4. The van der Waals surface area contributed by atoms with Crippen molar-refractivity contribution >= 4 is 41.3 Å². The molecular weight excluding hydrogens is 532 g/mol. The molecule has 4 aromatic carbocycles. The van der Waals surface area contributed by atoms with Crippen LogP contribution in [0, 0.1) is 11.3 Å². The number of aliphatic carboxylic acids is 1. The molecule has 0 bridgehead atoms. The Bertz CT molecular complexity index is 1620. The Labute approximate surface area is 244 Å². The number of nitrogens with zero attached hydrogens (tertiary/aromatic N) is 2. The molecule has 0 fully saturated rings. The van der Waals surface area contributed by atoms with Gasteiger partial charge in [0.2, 0.25) is 0 Å². The van der Waals surface area contributed by atoms with Crippen molar-refractivity contribution in [3.8, 4) is 29.1 Å². The summed E-state index contributed by atoms with van der Waals surface area (Å²) in [5, 5.41) is 18.4. The molecule has 0 spiro atoms. The lowest BCUT2D eigenvalue weighted by atomic mass is 10.0. The van der Waals surface area contributed by atoms with Crippen molar-refractivity contribution in [1.29, 1.82) is 5.26 Å². The van der Waals surface area contributed by atoms with Crippen LogP contribution < -0.4 is 23.8 Å². The molecular formula is C34H30N2O6. The van der Waals surface area contributed by atoms with E-state index >= 15 is 0 Å². The summed E-state index contributed by atoms with van der Waals surface area (Å²) in [7, 11) is 6.21. The standard InChI is InChI=1S/C34H30N2O6/c1-39-30-20-25(17-26(22-35)34(37)38)31(40-2)18-23(30)15-16-24-19-33(42-4)29(21-32(24)41-3)36(27-11-7-5-8-12-27)28-13-9-6-10-14-28/h5-21H,1-4H3,(H,37,38)/b16-15+,26-17+. The second-order valence-electron chi connectivity index (χ2n) is 8.92. The van der Waals surface area contributed by atoms with Crippen molar-refractivity contribution in [2.24, 2.45) is 0 Å². The Morgan fingerprint density at radius 3 is 1.57 bits per heavy atom. The van der Waals surface area contributed by atoms with Crippen molar-refractivity contribution in [3.63, 3.8) is 0 Å². The number of rotatable bonds is 11. The van der Waals surface area contributed by atoms with Crippen LogP contribution in [-0.2, 0) is 4.79 Å². The summed E-state index contributed by atoms with van der Waals surface area (Å²) in [6.45, 7) is 0. The van der Waals surface area contributed by atoms with Gasteiger partial charge in [-0.3, -0.25) is 0 Å². The molecule has 0 aliphatic carbocycles. The number of para-hydroxylation sites is 2. The molecule has 0 aromatic heterocycles. The molecule has 0 unspecified atom stereocenters. The van der Waals surface area contributed by atoms with Crippen LogP contribution in [0.3, 0.4) is 0 Å². The van der Waals surface area contributed by atoms with Crippen LogP contribution in [-0.4, -0.2) is 39.5 Å². The summed E-state index contributed by atoms with van der Waals surface area (Å²) in [6, 6.07) is 28.8. The van der Waals surface area contributed by atoms with E-state index < -0.39 is 11.5 Å². The van der Waals surface area contributed by atoms with Crippen molar-refractivity contribution in [2.45, 2.75) is 0 Å². The van der Waals surface area contributed by atoms with E-state index in [4.69, 9.17) is 18.9 Å². The Morgan fingerprint density at radius 2 is 1.12 bits per heavy atom. The number of nitriles is 1. The van der Waals surface area contributed by atoms with Gasteiger partial charge < -0.3 is 29.0 Å². The van der Waals surface area contributed by atoms with E-state index in [0.29, 0.717) is 34.1 Å². The van der Waals surface area contributed by atoms with Gasteiger partial charge in [0.15, 0.2) is 0 Å². The second-order valence-corrected chi connectivity index (χ2v) is 8.92. The predicted octanol–water partition coefficient (Wildman–Crippen LogP) is 7.35. The second kappa shape index (κ2) is 13.6. The zero-order valence-electron chi connectivity index (χ0n) is 23.7. The zero-order valence-corrected chi connectivity index (χ0v) is 23.7. The zero-order chi connectivity index (χ0) is 30.1. The van der Waals surface area contributed by atoms with Crippen LogP contribution in [0.15, 0.2) is 90.5 Å². The number of anilines is 3. The molecule has 0 aliphatic rings. The highest BCUT2D eigenvalue weighted by Crippen LogP contribution is 2.44. The summed E-state index contributed by atoms with van der Waals surface area (Å²) in [6.07, 6.45) is 4.95. The summed E-state index contributed by atoms with van der Waals surface area (Å²) in [5.41, 5.74) is 4.11. The summed E-state index contributed by atoms with van der Waals surface area (Å²) >= 11 is 0. The minimum Gasteiger partial charge on any atom is -0.496 e. The van der Waals surface area contributed by atoms with E-state index in [-0.39, 0.29) is 0 Å². The van der Waals surface area contributed by atoms with E-state index in [1.807, 2.05) is 84.9 Å². The normalized spacial score (nSPS) is 11.1. The first-order valence-corrected chi connectivity index (χ1v) is 12.9. The average molecular weight is 563 g/mol. The molecule has 1 N–H and O–H groups in total. The third kappa shape index (κ3) is 6.37. The minimum atomic E-state index is -1.33. The maximum atomic E-state index is 11.4. The van der Waals surface area contributed by atoms with Crippen LogP contribution in [0.25, 0.3) is 18.2 Å². The summed E-state index contributed by atoms with van der Waals surface area (Å²) in [4.78, 5) is 13.5. The molecule has 0 heterocycles. The monoisotopic (exact) mass is 562 g/mol. The number of hydrogen-bond donors (Lipinski definition) is 1. The van der Waals surface area contributed by atoms with Crippen molar-refractivity contribution in [2.75, 3.05) is 33.3 Å². The van der Waals surface area contributed by atoms with Gasteiger partial charge in [-0.15, -0.1) is 0 Å². The predicted molar refractivity (Wildman–Crippen MR) is 164 cm³/mol. The molecule has 4 rings (SSSR count). The Balaban J connectivity index is 1.81. The molecule has 42 heavy (non-hydrogen) atoms. The van der Waals surface area contributed by atoms with Crippen LogP contribution in [0.1, 0.15) is 16.7 Å². The molecule has 4 aromatic rings. The fourth-order valence-electron chi connectivity index (χ4n) is 4.46. The molecule has 8 nitrogen and oxygen atoms in total. The van der Waals surface area contributed by atoms with E-state index in [1.54, 1.807) is 32.4 Å². The van der Waals surface area contributed by atoms with Crippen molar-refractivity contribution in [3.05, 3.63) is 107 Å². The largest absolute Gasteiger partial charge is 0.496 e. The summed E-state index contributed by atoms with van der Waals surface area (Å²) in [5.74, 6) is 0.758. The molecule has 212 valence electrons. The first kappa shape index (κ1) is 29.3. The number of methoxy groups -OCH3 is 4. The van der Waals surface area contributed by atoms with Gasteiger partial charge in [0, 0.05) is 34.1 Å².